The second-order valence-corrected chi connectivity index (χ2v) is 8.40. The number of sulfone groups is 1. The lowest BCUT2D eigenvalue weighted by Gasteiger charge is -2.24. The molecule has 0 fully saturated rings. The summed E-state index contributed by atoms with van der Waals surface area (Å²) in [6.45, 7) is 8.96. The van der Waals surface area contributed by atoms with Crippen molar-refractivity contribution in [3.05, 3.63) is 70.0 Å². The van der Waals surface area contributed by atoms with Crippen LogP contribution >= 0.6 is 15.9 Å². The summed E-state index contributed by atoms with van der Waals surface area (Å²) in [5.74, 6) is 0.0442. The molecule has 2 rings (SSSR count). The van der Waals surface area contributed by atoms with Crippen molar-refractivity contribution in [3.63, 3.8) is 0 Å². The van der Waals surface area contributed by atoms with Gasteiger partial charge in [-0.05, 0) is 24.1 Å². The molecule has 0 amide bonds. The molecule has 1 aliphatic rings. The van der Waals surface area contributed by atoms with E-state index in [4.69, 9.17) is 6.57 Å². The molecule has 21 heavy (non-hydrogen) atoms. The SMILES string of the molecule is [C-]#[N+]C1(C)C=CC=CC1S(=O)(=O)CCc1ccc(Br)cc1. The van der Waals surface area contributed by atoms with Crippen LogP contribution in [-0.4, -0.2) is 25.0 Å². The van der Waals surface area contributed by atoms with Gasteiger partial charge in [0.15, 0.2) is 15.1 Å². The van der Waals surface area contributed by atoms with Crippen LogP contribution in [0.25, 0.3) is 4.85 Å². The maximum atomic E-state index is 12.6. The Hall–Kier alpha value is -1.38. The Kier molecular flexibility index (Phi) is 4.70. The zero-order valence-electron chi connectivity index (χ0n) is 11.7. The molecule has 3 nitrogen and oxygen atoms in total. The topological polar surface area (TPSA) is 38.5 Å². The van der Waals surface area contributed by atoms with E-state index in [1.165, 1.54) is 0 Å². The van der Waals surface area contributed by atoms with Gasteiger partial charge in [-0.25, -0.2) is 15.0 Å². The van der Waals surface area contributed by atoms with Crippen molar-refractivity contribution in [2.75, 3.05) is 5.75 Å². The summed E-state index contributed by atoms with van der Waals surface area (Å²) in [7, 11) is -3.37. The molecular weight excluding hydrogens is 350 g/mol. The van der Waals surface area contributed by atoms with E-state index >= 15 is 0 Å². The van der Waals surface area contributed by atoms with Crippen LogP contribution in [0.2, 0.25) is 0 Å². The molecule has 2 atom stereocenters. The van der Waals surface area contributed by atoms with Gasteiger partial charge in [-0.2, -0.15) is 0 Å². The maximum absolute atomic E-state index is 12.6. The monoisotopic (exact) mass is 365 g/mol. The van der Waals surface area contributed by atoms with Crippen LogP contribution in [-0.2, 0) is 16.3 Å². The second kappa shape index (κ2) is 6.17. The summed E-state index contributed by atoms with van der Waals surface area (Å²) >= 11 is 3.35. The van der Waals surface area contributed by atoms with Gasteiger partial charge in [-0.3, -0.25) is 0 Å². The Morgan fingerprint density at radius 3 is 2.57 bits per heavy atom. The van der Waals surface area contributed by atoms with Gasteiger partial charge < -0.3 is 4.85 Å². The van der Waals surface area contributed by atoms with Crippen molar-refractivity contribution in [1.82, 2.24) is 0 Å². The third-order valence-electron chi connectivity index (χ3n) is 3.62. The molecule has 0 spiro atoms. The predicted octanol–water partition coefficient (Wildman–Crippen LogP) is 3.58. The normalized spacial score (nSPS) is 24.7. The van der Waals surface area contributed by atoms with E-state index < -0.39 is 20.6 Å². The Morgan fingerprint density at radius 2 is 1.95 bits per heavy atom. The van der Waals surface area contributed by atoms with Gasteiger partial charge in [-0.15, -0.1) is 0 Å². The average molecular weight is 366 g/mol. The van der Waals surface area contributed by atoms with Crippen molar-refractivity contribution in [1.29, 1.82) is 0 Å². The molecule has 0 N–H and O–H groups in total. The molecule has 2 unspecified atom stereocenters. The van der Waals surface area contributed by atoms with E-state index in [-0.39, 0.29) is 5.75 Å². The average Bonchev–Trinajstić information content (AvgIpc) is 2.47. The molecule has 0 radical (unpaired) electrons. The molecule has 0 heterocycles. The number of allylic oxidation sites excluding steroid dienone is 2. The lowest BCUT2D eigenvalue weighted by atomic mass is 9.94. The zero-order valence-corrected chi connectivity index (χ0v) is 14.1. The maximum Gasteiger partial charge on any atom is 0.268 e. The minimum absolute atomic E-state index is 0.0442. The van der Waals surface area contributed by atoms with Gasteiger partial charge in [0.2, 0.25) is 0 Å². The Bertz CT molecular complexity index is 714. The van der Waals surface area contributed by atoms with Crippen LogP contribution in [0.4, 0.5) is 0 Å². The predicted molar refractivity (Wildman–Crippen MR) is 88.7 cm³/mol. The summed E-state index contributed by atoms with van der Waals surface area (Å²) in [6.07, 6.45) is 7.18. The third kappa shape index (κ3) is 3.63. The van der Waals surface area contributed by atoms with Crippen LogP contribution < -0.4 is 0 Å². The van der Waals surface area contributed by atoms with Crippen molar-refractivity contribution in [2.24, 2.45) is 0 Å². The fourth-order valence-corrected chi connectivity index (χ4v) is 4.55. The molecule has 0 saturated carbocycles. The quantitative estimate of drug-likeness (QED) is 0.764. The fraction of sp³-hybridized carbons (Fsp3) is 0.312. The van der Waals surface area contributed by atoms with Crippen molar-refractivity contribution >= 4 is 25.8 Å². The number of benzene rings is 1. The molecule has 1 aliphatic carbocycles. The van der Waals surface area contributed by atoms with Crippen molar-refractivity contribution < 1.29 is 8.42 Å². The first-order valence-electron chi connectivity index (χ1n) is 6.58. The Morgan fingerprint density at radius 1 is 1.29 bits per heavy atom. The summed E-state index contributed by atoms with van der Waals surface area (Å²) in [5, 5.41) is -0.775. The van der Waals surface area contributed by atoms with Gasteiger partial charge >= 0.3 is 0 Å². The third-order valence-corrected chi connectivity index (χ3v) is 6.33. The molecule has 0 aromatic heterocycles. The number of nitrogens with zero attached hydrogens (tertiary/aromatic N) is 1. The Balaban J connectivity index is 2.15. The first kappa shape index (κ1) is 16.0. The summed E-state index contributed by atoms with van der Waals surface area (Å²) in [4.78, 5) is 3.52. The molecule has 1 aromatic carbocycles. The number of hydrogen-bond donors (Lipinski definition) is 0. The lowest BCUT2D eigenvalue weighted by molar-refractivity contribution is 0.566. The molecule has 1 aromatic rings. The minimum atomic E-state index is -3.37. The first-order valence-corrected chi connectivity index (χ1v) is 9.09. The highest BCUT2D eigenvalue weighted by molar-refractivity contribution is 9.10. The molecule has 110 valence electrons. The Labute approximate surface area is 134 Å². The summed E-state index contributed by atoms with van der Waals surface area (Å²) < 4.78 is 26.1. The van der Waals surface area contributed by atoms with Gasteiger partial charge in [0.25, 0.3) is 5.54 Å². The van der Waals surface area contributed by atoms with Gasteiger partial charge in [-0.1, -0.05) is 46.3 Å². The van der Waals surface area contributed by atoms with Crippen LogP contribution in [0.1, 0.15) is 12.5 Å². The van der Waals surface area contributed by atoms with E-state index in [0.717, 1.165) is 10.0 Å². The highest BCUT2D eigenvalue weighted by atomic mass is 79.9. The van der Waals surface area contributed by atoms with Crippen molar-refractivity contribution in [2.45, 2.75) is 24.1 Å². The fourth-order valence-electron chi connectivity index (χ4n) is 2.33. The van der Waals surface area contributed by atoms with E-state index in [1.807, 2.05) is 24.3 Å². The van der Waals surface area contributed by atoms with Gasteiger partial charge in [0.05, 0.1) is 5.75 Å². The minimum Gasteiger partial charge on any atom is -0.304 e. The molecule has 5 heteroatoms. The van der Waals surface area contributed by atoms with E-state index in [0.29, 0.717) is 6.42 Å². The van der Waals surface area contributed by atoms with Gasteiger partial charge in [0.1, 0.15) is 0 Å². The largest absolute Gasteiger partial charge is 0.304 e. The molecule has 0 bridgehead atoms. The van der Waals surface area contributed by atoms with Gasteiger partial charge in [0, 0.05) is 17.5 Å². The van der Waals surface area contributed by atoms with E-state index in [9.17, 15) is 8.42 Å². The number of aryl methyl sites for hydroxylation is 1. The van der Waals surface area contributed by atoms with Crippen LogP contribution in [0.5, 0.6) is 0 Å². The van der Waals surface area contributed by atoms with Crippen LogP contribution in [0.15, 0.2) is 53.0 Å². The number of rotatable bonds is 4. The lowest BCUT2D eigenvalue weighted by Crippen LogP contribution is -2.41. The highest BCUT2D eigenvalue weighted by Gasteiger charge is 2.45. The van der Waals surface area contributed by atoms with Crippen LogP contribution in [0.3, 0.4) is 0 Å². The number of hydrogen-bond acceptors (Lipinski definition) is 2. The summed E-state index contributed by atoms with van der Waals surface area (Å²) in [6, 6.07) is 7.61. The first-order chi connectivity index (χ1) is 9.87. The molecular formula is C16H16BrNO2S. The smallest absolute Gasteiger partial charge is 0.268 e. The van der Waals surface area contributed by atoms with Crippen molar-refractivity contribution in [3.8, 4) is 0 Å². The molecule has 0 aliphatic heterocycles. The second-order valence-electron chi connectivity index (χ2n) is 5.25. The molecule has 0 saturated heterocycles. The standard InChI is InChI=1S/C16H16BrNO2S/c1-16(18-2)11-4-3-5-15(16)21(19,20)12-10-13-6-8-14(17)9-7-13/h3-9,11,15H,10,12H2,1H3. The zero-order chi connectivity index (χ0) is 15.5. The highest BCUT2D eigenvalue weighted by Crippen LogP contribution is 2.29. The van der Waals surface area contributed by atoms with E-state index in [2.05, 4.69) is 20.8 Å². The van der Waals surface area contributed by atoms with Crippen LogP contribution in [0, 0.1) is 6.57 Å². The van der Waals surface area contributed by atoms with E-state index in [1.54, 1.807) is 31.2 Å². The number of halogens is 1. The summed E-state index contributed by atoms with van der Waals surface area (Å²) in [5.41, 5.74) is -0.0329.